The van der Waals surface area contributed by atoms with Gasteiger partial charge in [0, 0.05) is 42.5 Å². The van der Waals surface area contributed by atoms with Crippen molar-refractivity contribution < 1.29 is 114 Å². The van der Waals surface area contributed by atoms with Crippen LogP contribution in [0.2, 0.25) is 0 Å². The number of hydrogen-bond acceptors (Lipinski definition) is 19. The van der Waals surface area contributed by atoms with Crippen molar-refractivity contribution in [3.63, 3.8) is 0 Å². The summed E-state index contributed by atoms with van der Waals surface area (Å²) in [6.45, 7) is -0.349. The molecule has 3 aliphatic rings. The van der Waals surface area contributed by atoms with E-state index < -0.39 is 104 Å². The van der Waals surface area contributed by atoms with Crippen LogP contribution in [-0.2, 0) is 139 Å². The summed E-state index contributed by atoms with van der Waals surface area (Å²) in [5, 5.41) is 20.0. The van der Waals surface area contributed by atoms with Crippen molar-refractivity contribution >= 4 is 11.9 Å². The van der Waals surface area contributed by atoms with Gasteiger partial charge in [-0.25, -0.2) is 9.59 Å². The van der Waals surface area contributed by atoms with E-state index in [1.807, 2.05) is 164 Å². The fraction of sp³-hybridized carbons (Fsp3) is 0.362. The maximum absolute atomic E-state index is 14.9. The SMILES string of the molecule is COC(=O)C1O[C@@H](O[C@@H]2C(COCc3ccccc3)O[C@H](O)C(N=[N+]=[N-])[C@H]2OCc2ccccc2)C(OC(=O)c2ccccc2)[C@@H](OCc2ccccc2)[C@@H]1O[C@H]1OC(COCc2ccccc2)[C@@H](OCc2ccc(OC)cc2)[C@H](OCc2ccccc2)C1N=[N+]=[N-].[Y]. The van der Waals surface area contributed by atoms with Gasteiger partial charge in [-0.15, -0.1) is 0 Å². The number of carbonyl (C=O) groups is 2. The van der Waals surface area contributed by atoms with Crippen molar-refractivity contribution in [2.45, 2.75) is 132 Å². The molecule has 93 heavy (non-hydrogen) atoms. The largest absolute Gasteiger partial charge is 0.497 e. The number of aliphatic hydroxyl groups is 1. The molecule has 23 nitrogen and oxygen atoms in total. The number of carbonyl (C=O) groups excluding carboxylic acids is 2. The molecule has 3 fully saturated rings. The molecule has 0 bridgehead atoms. The average Bonchev–Trinajstić information content (AvgIpc) is 0.805. The van der Waals surface area contributed by atoms with Gasteiger partial charge >= 0.3 is 11.9 Å². The number of hydrogen-bond donors (Lipinski definition) is 1. The predicted octanol–water partition coefficient (Wildman–Crippen LogP) is 10.5. The first-order valence-electron chi connectivity index (χ1n) is 30.0. The minimum Gasteiger partial charge on any atom is -0.497 e. The molecule has 10 rings (SSSR count). The Morgan fingerprint density at radius 2 is 0.860 bits per heavy atom. The zero-order valence-corrected chi connectivity index (χ0v) is 54.0. The van der Waals surface area contributed by atoms with Crippen molar-refractivity contribution in [2.75, 3.05) is 27.4 Å². The average molecular weight is 1350 g/mol. The van der Waals surface area contributed by atoms with Gasteiger partial charge in [-0.1, -0.05) is 192 Å². The molecular weight excluding hydrogens is 1270 g/mol. The van der Waals surface area contributed by atoms with E-state index in [-0.39, 0.29) is 91.1 Å². The Morgan fingerprint density at radius 1 is 0.452 bits per heavy atom. The molecule has 0 amide bonds. The molecule has 7 aromatic carbocycles. The molecule has 24 heteroatoms. The molecule has 483 valence electrons. The van der Waals surface area contributed by atoms with E-state index in [1.54, 1.807) is 49.6 Å². The molecule has 0 aliphatic carbocycles. The van der Waals surface area contributed by atoms with Crippen LogP contribution in [0, 0.1) is 0 Å². The van der Waals surface area contributed by atoms with E-state index in [0.717, 1.165) is 29.4 Å². The molecule has 0 aromatic heterocycles. The normalized spacial score (nSPS) is 25.8. The second-order valence-electron chi connectivity index (χ2n) is 21.8. The van der Waals surface area contributed by atoms with Gasteiger partial charge in [0.25, 0.3) is 0 Å². The number of esters is 2. The van der Waals surface area contributed by atoms with E-state index in [4.69, 9.17) is 66.3 Å². The van der Waals surface area contributed by atoms with Gasteiger partial charge in [0.2, 0.25) is 0 Å². The Morgan fingerprint density at radius 3 is 1.33 bits per heavy atom. The Bertz CT molecular complexity index is 3460. The molecule has 6 unspecified atom stereocenters. The van der Waals surface area contributed by atoms with Gasteiger partial charge in [-0.3, -0.25) is 0 Å². The van der Waals surface area contributed by atoms with Crippen molar-refractivity contribution in [2.24, 2.45) is 10.2 Å². The van der Waals surface area contributed by atoms with Crippen LogP contribution in [0.15, 0.2) is 216 Å². The van der Waals surface area contributed by atoms with E-state index in [2.05, 4.69) is 20.1 Å². The molecule has 3 heterocycles. The summed E-state index contributed by atoms with van der Waals surface area (Å²) in [7, 11) is 2.72. The van der Waals surface area contributed by atoms with E-state index >= 15 is 0 Å². The molecule has 15 atom stereocenters. The molecule has 3 saturated heterocycles. The Labute approximate surface area is 563 Å². The van der Waals surface area contributed by atoms with Crippen LogP contribution in [-0.4, -0.2) is 136 Å². The first-order chi connectivity index (χ1) is 45.2. The van der Waals surface area contributed by atoms with Gasteiger partial charge in [0.15, 0.2) is 31.1 Å². The maximum atomic E-state index is 14.9. The van der Waals surface area contributed by atoms with Crippen molar-refractivity contribution in [1.29, 1.82) is 0 Å². The standard InChI is InChI=1S/C69H72N6O17.Y/c1-79-52-35-33-50(34-36-52)42-83-57-53(43-81-37-45-21-9-3-10-22-45)88-68(56(73-75-71)60(57)85-40-48-27-15-6-16-28-48)91-62-61(86-41-49-29-17-7-18-30-49)64(89-65(76)51-31-19-8-20-32-51)69(92-63(62)67(78)80-2)90-58-54(44-82-38-46-23-11-4-12-24-46)87-66(77)55(72-74-70)59(58)84-39-47-25-13-5-14-26-47;/h3-36,53-64,66,68-69,77H,37-44H2,1-2H3;/t53?,54?,55?,56?,57-,58-,59-,60-,61+,62+,63?,64?,66+,68-,69-;/m1./s1. The zero-order chi connectivity index (χ0) is 63.9. The third-order valence-electron chi connectivity index (χ3n) is 15.6. The van der Waals surface area contributed by atoms with Gasteiger partial charge in [0.1, 0.15) is 66.7 Å². The van der Waals surface area contributed by atoms with E-state index in [0.29, 0.717) is 16.9 Å². The number of rotatable bonds is 30. The molecule has 0 spiro atoms. The van der Waals surface area contributed by atoms with Crippen LogP contribution < -0.4 is 4.74 Å². The second-order valence-corrected chi connectivity index (χ2v) is 21.8. The zero-order valence-electron chi connectivity index (χ0n) is 51.2. The topological polar surface area (TPSA) is 281 Å². The Balaban J connectivity index is 0.0000102. The quantitative estimate of drug-likeness (QED) is 0.0189. The molecule has 7 aromatic rings. The number of azide groups is 2. The minimum atomic E-state index is -1.85. The smallest absolute Gasteiger partial charge is 0.338 e. The fourth-order valence-corrected chi connectivity index (χ4v) is 11.0. The second kappa shape index (κ2) is 36.3. The third kappa shape index (κ3) is 19.3. The summed E-state index contributed by atoms with van der Waals surface area (Å²) in [4.78, 5) is 36.0. The summed E-state index contributed by atoms with van der Waals surface area (Å²) in [6, 6.07) is 59.0. The number of nitrogens with zero attached hydrogens (tertiary/aromatic N) is 6. The molecule has 3 aliphatic heterocycles. The maximum Gasteiger partial charge on any atom is 0.338 e. The summed E-state index contributed by atoms with van der Waals surface area (Å²) in [5.41, 5.74) is 25.3. The summed E-state index contributed by atoms with van der Waals surface area (Å²) in [6.07, 6.45) is -19.4. The number of benzene rings is 7. The van der Waals surface area contributed by atoms with Gasteiger partial charge < -0.3 is 71.4 Å². The van der Waals surface area contributed by atoms with Crippen molar-refractivity contribution in [1.82, 2.24) is 0 Å². The van der Waals surface area contributed by atoms with Crippen molar-refractivity contribution in [3.05, 3.63) is 266 Å². The molecule has 1 radical (unpaired) electrons. The van der Waals surface area contributed by atoms with Crippen LogP contribution in [0.5, 0.6) is 5.75 Å². The Kier molecular flexibility index (Phi) is 27.2. The van der Waals surface area contributed by atoms with Crippen LogP contribution in [0.4, 0.5) is 0 Å². The predicted molar refractivity (Wildman–Crippen MR) is 330 cm³/mol. The van der Waals surface area contributed by atoms with Crippen LogP contribution in [0.25, 0.3) is 20.9 Å². The number of methoxy groups -OCH3 is 2. The first-order valence-corrected chi connectivity index (χ1v) is 30.0. The fourth-order valence-electron chi connectivity index (χ4n) is 11.0. The minimum absolute atomic E-state index is 0. The number of ether oxygens (including phenoxy) is 14. The number of aliphatic hydroxyl groups excluding tert-OH is 1. The molecular formula is C69H72N6O17Y. The monoisotopic (exact) mass is 1350 g/mol. The van der Waals surface area contributed by atoms with Crippen LogP contribution in [0.1, 0.15) is 43.7 Å². The summed E-state index contributed by atoms with van der Waals surface area (Å²) < 4.78 is 91.7. The van der Waals surface area contributed by atoms with Crippen LogP contribution >= 0.6 is 0 Å². The summed E-state index contributed by atoms with van der Waals surface area (Å²) in [5.74, 6) is -1.25. The van der Waals surface area contributed by atoms with Gasteiger partial charge in [-0.2, -0.15) is 0 Å². The van der Waals surface area contributed by atoms with Crippen LogP contribution in [0.3, 0.4) is 0 Å². The van der Waals surface area contributed by atoms with E-state index in [9.17, 15) is 25.8 Å². The first kappa shape index (κ1) is 69.9. The van der Waals surface area contributed by atoms with Crippen molar-refractivity contribution in [3.8, 4) is 5.75 Å². The molecule has 1 N–H and O–H groups in total. The third-order valence-corrected chi connectivity index (χ3v) is 15.6. The van der Waals surface area contributed by atoms with Gasteiger partial charge in [-0.05, 0) is 68.7 Å². The van der Waals surface area contributed by atoms with Gasteiger partial charge in [0.05, 0.1) is 72.6 Å². The Hall–Kier alpha value is -7.48. The summed E-state index contributed by atoms with van der Waals surface area (Å²) >= 11 is 0. The molecule has 0 saturated carbocycles. The van der Waals surface area contributed by atoms with E-state index in [1.165, 1.54) is 0 Å².